The van der Waals surface area contributed by atoms with Crippen molar-refractivity contribution in [2.24, 2.45) is 0 Å². The Balaban J connectivity index is 1.94. The molecule has 0 bridgehead atoms. The Morgan fingerprint density at radius 2 is 1.90 bits per heavy atom. The lowest BCUT2D eigenvalue weighted by molar-refractivity contribution is 0.102. The molecule has 8 nitrogen and oxygen atoms in total. The standard InChI is InChI=1S/C19H24ClN5O3S/c1-24(15-9-11-21-12-10-15)25(29(2,27)28)17-6-4-3-5-16(17)19(26)23-18-8-7-14(20)13-22-18/h3-8,13,15,21H,9-12H2,1-2H3,(H,22,23,26). The van der Waals surface area contributed by atoms with Crippen LogP contribution in [0.1, 0.15) is 23.2 Å². The molecule has 1 aromatic heterocycles. The van der Waals surface area contributed by atoms with E-state index in [4.69, 9.17) is 11.6 Å². The smallest absolute Gasteiger partial charge is 0.259 e. The lowest BCUT2D eigenvalue weighted by atomic mass is 10.1. The first-order valence-corrected chi connectivity index (χ1v) is 11.5. The fraction of sp³-hybridized carbons (Fsp3) is 0.368. The molecule has 2 heterocycles. The summed E-state index contributed by atoms with van der Waals surface area (Å²) < 4.78 is 26.6. The number of hydrogen-bond acceptors (Lipinski definition) is 6. The van der Waals surface area contributed by atoms with Crippen molar-refractivity contribution in [1.82, 2.24) is 15.3 Å². The van der Waals surface area contributed by atoms with Crippen LogP contribution in [0.3, 0.4) is 0 Å². The Bertz CT molecular complexity index is 962. The second-order valence-corrected chi connectivity index (χ2v) is 9.14. The number of pyridine rings is 1. The molecular weight excluding hydrogens is 414 g/mol. The largest absolute Gasteiger partial charge is 0.317 e. The first kappa shape index (κ1) is 21.5. The van der Waals surface area contributed by atoms with Gasteiger partial charge < -0.3 is 10.6 Å². The van der Waals surface area contributed by atoms with Crippen molar-refractivity contribution >= 4 is 39.0 Å². The van der Waals surface area contributed by atoms with E-state index in [0.29, 0.717) is 16.5 Å². The van der Waals surface area contributed by atoms with E-state index in [1.165, 1.54) is 10.6 Å². The summed E-state index contributed by atoms with van der Waals surface area (Å²) in [7, 11) is -1.93. The minimum Gasteiger partial charge on any atom is -0.317 e. The normalized spacial score (nSPS) is 15.3. The van der Waals surface area contributed by atoms with Gasteiger partial charge in [0.05, 0.1) is 22.5 Å². The van der Waals surface area contributed by atoms with Gasteiger partial charge in [0.25, 0.3) is 5.91 Å². The van der Waals surface area contributed by atoms with Gasteiger partial charge >= 0.3 is 0 Å². The fourth-order valence-electron chi connectivity index (χ4n) is 3.38. The summed E-state index contributed by atoms with van der Waals surface area (Å²) in [5, 5.41) is 8.13. The van der Waals surface area contributed by atoms with Gasteiger partial charge in [0.1, 0.15) is 5.82 Å². The third-order valence-electron chi connectivity index (χ3n) is 4.76. The van der Waals surface area contributed by atoms with Crippen molar-refractivity contribution in [2.75, 3.05) is 36.1 Å². The number of halogens is 1. The van der Waals surface area contributed by atoms with Crippen molar-refractivity contribution in [1.29, 1.82) is 0 Å². The van der Waals surface area contributed by atoms with Gasteiger partial charge in [-0.25, -0.2) is 18.4 Å². The molecule has 156 valence electrons. The number of nitrogens with one attached hydrogen (secondary N) is 2. The zero-order chi connectivity index (χ0) is 21.0. The van der Waals surface area contributed by atoms with Gasteiger partial charge in [0.2, 0.25) is 10.0 Å². The predicted molar refractivity (Wildman–Crippen MR) is 115 cm³/mol. The molecule has 1 saturated heterocycles. The Kier molecular flexibility index (Phi) is 6.74. The van der Waals surface area contributed by atoms with Gasteiger partial charge in [-0.1, -0.05) is 23.7 Å². The van der Waals surface area contributed by atoms with Gasteiger partial charge in [0.15, 0.2) is 0 Å². The Morgan fingerprint density at radius 1 is 1.21 bits per heavy atom. The average molecular weight is 438 g/mol. The topological polar surface area (TPSA) is 94.6 Å². The average Bonchev–Trinajstić information content (AvgIpc) is 2.70. The van der Waals surface area contributed by atoms with Gasteiger partial charge in [-0.15, -0.1) is 0 Å². The molecule has 2 N–H and O–H groups in total. The molecular formula is C19H24ClN5O3S. The Hall–Kier alpha value is -2.20. The molecule has 3 rings (SSSR count). The monoisotopic (exact) mass is 437 g/mol. The SMILES string of the molecule is CN(C1CCNCC1)N(c1ccccc1C(=O)Nc1ccc(Cl)cn1)S(C)(=O)=O. The van der Waals surface area contributed by atoms with E-state index in [2.05, 4.69) is 15.6 Å². The molecule has 0 aliphatic carbocycles. The van der Waals surface area contributed by atoms with Crippen LogP contribution in [0.15, 0.2) is 42.6 Å². The van der Waals surface area contributed by atoms with Gasteiger partial charge in [-0.05, 0) is 50.2 Å². The summed E-state index contributed by atoms with van der Waals surface area (Å²) in [4.78, 5) is 17.0. The first-order valence-electron chi connectivity index (χ1n) is 9.23. The molecule has 1 aliphatic rings. The fourth-order valence-corrected chi connectivity index (χ4v) is 4.61. The van der Waals surface area contributed by atoms with Crippen LogP contribution < -0.4 is 15.0 Å². The highest BCUT2D eigenvalue weighted by atomic mass is 35.5. The number of hydrazine groups is 1. The van der Waals surface area contributed by atoms with Crippen LogP contribution in [-0.4, -0.2) is 56.8 Å². The summed E-state index contributed by atoms with van der Waals surface area (Å²) in [5.41, 5.74) is 0.526. The quantitative estimate of drug-likeness (QED) is 0.673. The summed E-state index contributed by atoms with van der Waals surface area (Å²) >= 11 is 5.83. The Labute approximate surface area is 175 Å². The van der Waals surface area contributed by atoms with Crippen molar-refractivity contribution in [3.05, 3.63) is 53.2 Å². The van der Waals surface area contributed by atoms with E-state index in [1.807, 2.05) is 0 Å². The summed E-state index contributed by atoms with van der Waals surface area (Å²) in [6.45, 7) is 1.63. The van der Waals surface area contributed by atoms with Crippen molar-refractivity contribution in [3.63, 3.8) is 0 Å². The second-order valence-electron chi connectivity index (χ2n) is 6.89. The number of rotatable bonds is 6. The van der Waals surface area contributed by atoms with Crippen LogP contribution in [0.25, 0.3) is 0 Å². The molecule has 0 spiro atoms. The minimum atomic E-state index is -3.68. The number of piperidine rings is 1. The minimum absolute atomic E-state index is 0.0417. The van der Waals surface area contributed by atoms with Crippen LogP contribution in [-0.2, 0) is 10.0 Å². The Morgan fingerprint density at radius 3 is 2.52 bits per heavy atom. The van der Waals surface area contributed by atoms with Crippen LogP contribution in [0.5, 0.6) is 0 Å². The van der Waals surface area contributed by atoms with E-state index in [9.17, 15) is 13.2 Å². The highest BCUT2D eigenvalue weighted by molar-refractivity contribution is 7.92. The molecule has 0 radical (unpaired) electrons. The lowest BCUT2D eigenvalue weighted by Gasteiger charge is -2.39. The lowest BCUT2D eigenvalue weighted by Crippen LogP contribution is -2.52. The number of para-hydroxylation sites is 1. The maximum absolute atomic E-state index is 12.9. The number of amides is 1. The van der Waals surface area contributed by atoms with E-state index < -0.39 is 15.9 Å². The van der Waals surface area contributed by atoms with E-state index in [-0.39, 0.29) is 11.6 Å². The molecule has 10 heteroatoms. The maximum Gasteiger partial charge on any atom is 0.259 e. The number of hydrogen-bond donors (Lipinski definition) is 2. The van der Waals surface area contributed by atoms with E-state index in [0.717, 1.165) is 32.2 Å². The van der Waals surface area contributed by atoms with Crippen molar-refractivity contribution in [3.8, 4) is 0 Å². The van der Waals surface area contributed by atoms with E-state index >= 15 is 0 Å². The first-order chi connectivity index (χ1) is 13.8. The molecule has 0 unspecified atom stereocenters. The second kappa shape index (κ2) is 9.08. The number of carbonyl (C=O) groups excluding carboxylic acids is 1. The highest BCUT2D eigenvalue weighted by Gasteiger charge is 2.31. The van der Waals surface area contributed by atoms with Crippen molar-refractivity contribution in [2.45, 2.75) is 18.9 Å². The summed E-state index contributed by atoms with van der Waals surface area (Å²) in [6, 6.07) is 9.86. The highest BCUT2D eigenvalue weighted by Crippen LogP contribution is 2.27. The number of carbonyl (C=O) groups is 1. The third kappa shape index (κ3) is 5.24. The molecule has 0 atom stereocenters. The van der Waals surface area contributed by atoms with Crippen LogP contribution in [0, 0.1) is 0 Å². The molecule has 1 amide bonds. The van der Waals surface area contributed by atoms with E-state index in [1.54, 1.807) is 48.5 Å². The number of aromatic nitrogens is 1. The third-order valence-corrected chi connectivity index (χ3v) is 6.07. The molecule has 1 aromatic carbocycles. The number of sulfonamides is 1. The maximum atomic E-state index is 12.9. The predicted octanol–water partition coefficient (Wildman–Crippen LogP) is 2.35. The van der Waals surface area contributed by atoms with Crippen LogP contribution in [0.2, 0.25) is 5.02 Å². The number of benzene rings is 1. The number of nitrogens with zero attached hydrogens (tertiary/aromatic N) is 3. The van der Waals surface area contributed by atoms with Crippen LogP contribution in [0.4, 0.5) is 11.5 Å². The van der Waals surface area contributed by atoms with Crippen LogP contribution >= 0.6 is 11.6 Å². The molecule has 1 fully saturated rings. The van der Waals surface area contributed by atoms with Crippen molar-refractivity contribution < 1.29 is 13.2 Å². The van der Waals surface area contributed by atoms with Gasteiger partial charge in [-0.2, -0.15) is 4.41 Å². The summed E-state index contributed by atoms with van der Waals surface area (Å²) in [5.74, 6) is -0.130. The molecule has 0 saturated carbocycles. The van der Waals surface area contributed by atoms with Gasteiger partial charge in [0, 0.05) is 19.3 Å². The molecule has 29 heavy (non-hydrogen) atoms. The summed E-state index contributed by atoms with van der Waals surface area (Å²) in [6.07, 6.45) is 4.19. The number of anilines is 2. The molecule has 2 aromatic rings. The molecule has 1 aliphatic heterocycles. The van der Waals surface area contributed by atoms with Gasteiger partial charge in [-0.3, -0.25) is 4.79 Å². The zero-order valence-electron chi connectivity index (χ0n) is 16.3. The zero-order valence-corrected chi connectivity index (χ0v) is 17.9.